The average molecular weight is 362 g/mol. The van der Waals surface area contributed by atoms with E-state index in [1.54, 1.807) is 10.6 Å². The lowest BCUT2D eigenvalue weighted by Crippen LogP contribution is -2.37. The molecule has 1 aromatic heterocycles. The van der Waals surface area contributed by atoms with Crippen molar-refractivity contribution in [1.82, 2.24) is 14.9 Å². The molecule has 0 bridgehead atoms. The summed E-state index contributed by atoms with van der Waals surface area (Å²) in [7, 11) is 0. The average Bonchev–Trinajstić information content (AvgIpc) is 2.59. The molecule has 0 radical (unpaired) electrons. The van der Waals surface area contributed by atoms with Crippen LogP contribution in [0.2, 0.25) is 0 Å². The van der Waals surface area contributed by atoms with Gasteiger partial charge in [-0.2, -0.15) is 0 Å². The Balaban J connectivity index is 2.23. The third-order valence-electron chi connectivity index (χ3n) is 4.28. The molecule has 1 N–H and O–H groups in total. The number of carbonyl (C=O) groups is 1. The number of amides is 1. The van der Waals surface area contributed by atoms with Gasteiger partial charge < -0.3 is 5.32 Å². The Hall–Kier alpha value is -1.82. The van der Waals surface area contributed by atoms with Crippen molar-refractivity contribution in [2.24, 2.45) is 5.92 Å². The molecule has 0 saturated heterocycles. The van der Waals surface area contributed by atoms with Crippen molar-refractivity contribution in [3.63, 3.8) is 0 Å². The molecule has 6 heteroatoms. The van der Waals surface area contributed by atoms with Crippen LogP contribution in [0.25, 0.3) is 10.9 Å². The number of unbranched alkanes of at least 4 members (excludes halogenated alkanes) is 1. The van der Waals surface area contributed by atoms with E-state index < -0.39 is 0 Å². The zero-order chi connectivity index (χ0) is 18.4. The van der Waals surface area contributed by atoms with Gasteiger partial charge in [0.05, 0.1) is 16.7 Å². The first-order chi connectivity index (χ1) is 11.9. The molecule has 2 rings (SSSR count). The van der Waals surface area contributed by atoms with E-state index in [4.69, 9.17) is 0 Å². The number of aromatic nitrogens is 2. The standard InChI is InChI=1S/C19H27N3O2S/c1-5-6-11-22-18(24)15-9-7-8-10-16(15)21-19(22)25-12-17(23)20-14(4)13(2)3/h7-10,13-14H,5-6,11-12H2,1-4H3,(H,20,23)/t14-/m1/s1. The maximum atomic E-state index is 12.8. The number of benzene rings is 1. The van der Waals surface area contributed by atoms with Crippen molar-refractivity contribution in [3.8, 4) is 0 Å². The number of para-hydroxylation sites is 1. The maximum Gasteiger partial charge on any atom is 0.262 e. The third kappa shape index (κ3) is 5.08. The highest BCUT2D eigenvalue weighted by Gasteiger charge is 2.15. The van der Waals surface area contributed by atoms with Crippen molar-refractivity contribution in [2.75, 3.05) is 5.75 Å². The summed E-state index contributed by atoms with van der Waals surface area (Å²) in [6.07, 6.45) is 1.90. The smallest absolute Gasteiger partial charge is 0.262 e. The Morgan fingerprint density at radius 1 is 1.28 bits per heavy atom. The second kappa shape index (κ2) is 9.04. The van der Waals surface area contributed by atoms with Crippen molar-refractivity contribution in [3.05, 3.63) is 34.6 Å². The quantitative estimate of drug-likeness (QED) is 0.578. The molecule has 0 spiro atoms. The highest BCUT2D eigenvalue weighted by atomic mass is 32.2. The van der Waals surface area contributed by atoms with Gasteiger partial charge in [-0.25, -0.2) is 4.98 Å². The Morgan fingerprint density at radius 2 is 2.00 bits per heavy atom. The van der Waals surface area contributed by atoms with Crippen molar-refractivity contribution in [2.45, 2.75) is 58.3 Å². The fraction of sp³-hybridized carbons (Fsp3) is 0.526. The van der Waals surface area contributed by atoms with Crippen LogP contribution in [0.5, 0.6) is 0 Å². The monoisotopic (exact) mass is 361 g/mol. The van der Waals surface area contributed by atoms with Gasteiger partial charge in [0.25, 0.3) is 5.56 Å². The number of fused-ring (bicyclic) bond motifs is 1. The zero-order valence-electron chi connectivity index (χ0n) is 15.4. The van der Waals surface area contributed by atoms with Gasteiger partial charge in [0.2, 0.25) is 5.91 Å². The predicted octanol–water partition coefficient (Wildman–Crippen LogP) is 3.45. The van der Waals surface area contributed by atoms with Crippen molar-refractivity contribution >= 4 is 28.6 Å². The van der Waals surface area contributed by atoms with Crippen LogP contribution in [0.4, 0.5) is 0 Å². The summed E-state index contributed by atoms with van der Waals surface area (Å²) in [5.74, 6) is 0.611. The number of hydrogen-bond donors (Lipinski definition) is 1. The number of carbonyl (C=O) groups excluding carboxylic acids is 1. The topological polar surface area (TPSA) is 64.0 Å². The summed E-state index contributed by atoms with van der Waals surface area (Å²) in [6, 6.07) is 7.49. The predicted molar refractivity (Wildman–Crippen MR) is 104 cm³/mol. The number of thioether (sulfide) groups is 1. The minimum atomic E-state index is -0.0318. The van der Waals surface area contributed by atoms with Gasteiger partial charge in [0, 0.05) is 12.6 Å². The van der Waals surface area contributed by atoms with E-state index in [1.165, 1.54) is 11.8 Å². The van der Waals surface area contributed by atoms with Crippen LogP contribution < -0.4 is 10.9 Å². The molecule has 1 atom stereocenters. The summed E-state index contributed by atoms with van der Waals surface area (Å²) in [4.78, 5) is 29.6. The Bertz CT molecular complexity index is 786. The number of hydrogen-bond acceptors (Lipinski definition) is 4. The van der Waals surface area contributed by atoms with Crippen LogP contribution >= 0.6 is 11.8 Å². The minimum Gasteiger partial charge on any atom is -0.353 e. The van der Waals surface area contributed by atoms with E-state index in [0.29, 0.717) is 28.5 Å². The van der Waals surface area contributed by atoms with Crippen LogP contribution in [-0.2, 0) is 11.3 Å². The summed E-state index contributed by atoms with van der Waals surface area (Å²) in [6.45, 7) is 8.86. The summed E-state index contributed by atoms with van der Waals surface area (Å²) in [5, 5.41) is 4.23. The van der Waals surface area contributed by atoms with Gasteiger partial charge in [-0.05, 0) is 31.4 Å². The molecule has 0 unspecified atom stereocenters. The Morgan fingerprint density at radius 3 is 2.68 bits per heavy atom. The van der Waals surface area contributed by atoms with Crippen molar-refractivity contribution < 1.29 is 4.79 Å². The largest absolute Gasteiger partial charge is 0.353 e. The normalized spacial score (nSPS) is 12.5. The summed E-state index contributed by atoms with van der Waals surface area (Å²) >= 11 is 1.33. The van der Waals surface area contributed by atoms with Crippen molar-refractivity contribution in [1.29, 1.82) is 0 Å². The summed E-state index contributed by atoms with van der Waals surface area (Å²) < 4.78 is 1.70. The SMILES string of the molecule is CCCCn1c(SCC(=O)N[C@H](C)C(C)C)nc2ccccc2c1=O. The first-order valence-corrected chi connectivity index (χ1v) is 9.84. The first kappa shape index (κ1) is 19.5. The molecule has 1 aromatic carbocycles. The van der Waals surface area contributed by atoms with Gasteiger partial charge in [-0.3, -0.25) is 14.2 Å². The second-order valence-corrected chi connectivity index (χ2v) is 7.55. The van der Waals surface area contributed by atoms with Gasteiger partial charge in [-0.1, -0.05) is 51.1 Å². The number of nitrogens with one attached hydrogen (secondary N) is 1. The highest BCUT2D eigenvalue weighted by Crippen LogP contribution is 2.18. The maximum absolute atomic E-state index is 12.8. The van der Waals surface area contributed by atoms with E-state index >= 15 is 0 Å². The molecule has 25 heavy (non-hydrogen) atoms. The van der Waals surface area contributed by atoms with E-state index in [1.807, 2.05) is 25.1 Å². The molecule has 0 fully saturated rings. The molecule has 136 valence electrons. The van der Waals surface area contributed by atoms with E-state index in [9.17, 15) is 9.59 Å². The molecule has 5 nitrogen and oxygen atoms in total. The number of rotatable bonds is 8. The van der Waals surface area contributed by atoms with Crippen LogP contribution in [-0.4, -0.2) is 27.3 Å². The lowest BCUT2D eigenvalue weighted by Gasteiger charge is -2.17. The molecular weight excluding hydrogens is 334 g/mol. The third-order valence-corrected chi connectivity index (χ3v) is 5.26. The molecule has 1 amide bonds. The molecule has 0 saturated carbocycles. The lowest BCUT2D eigenvalue weighted by atomic mass is 10.1. The second-order valence-electron chi connectivity index (χ2n) is 6.61. The molecule has 2 aromatic rings. The van der Waals surface area contributed by atoms with Gasteiger partial charge in [0.15, 0.2) is 5.16 Å². The van der Waals surface area contributed by atoms with Crippen LogP contribution in [0, 0.1) is 5.92 Å². The van der Waals surface area contributed by atoms with Gasteiger partial charge in [-0.15, -0.1) is 0 Å². The fourth-order valence-electron chi connectivity index (χ4n) is 2.36. The van der Waals surface area contributed by atoms with Crippen LogP contribution in [0.1, 0.15) is 40.5 Å². The molecule has 1 heterocycles. The Labute approximate surface area is 153 Å². The van der Waals surface area contributed by atoms with Gasteiger partial charge in [0.1, 0.15) is 0 Å². The number of nitrogens with zero attached hydrogens (tertiary/aromatic N) is 2. The molecule has 0 aliphatic heterocycles. The molecular formula is C19H27N3O2S. The molecule has 0 aliphatic rings. The summed E-state index contributed by atoms with van der Waals surface area (Å²) in [5.41, 5.74) is 0.649. The van der Waals surface area contributed by atoms with E-state index in [0.717, 1.165) is 12.8 Å². The minimum absolute atomic E-state index is 0.0301. The molecule has 0 aliphatic carbocycles. The Kier molecular flexibility index (Phi) is 7.05. The lowest BCUT2D eigenvalue weighted by molar-refractivity contribution is -0.119. The first-order valence-electron chi connectivity index (χ1n) is 8.85. The fourth-order valence-corrected chi connectivity index (χ4v) is 3.20. The zero-order valence-corrected chi connectivity index (χ0v) is 16.2. The van der Waals surface area contributed by atoms with Gasteiger partial charge >= 0.3 is 0 Å². The van der Waals surface area contributed by atoms with E-state index in [-0.39, 0.29) is 23.3 Å². The van der Waals surface area contributed by atoms with Crippen LogP contribution in [0.15, 0.2) is 34.2 Å². The van der Waals surface area contributed by atoms with E-state index in [2.05, 4.69) is 31.1 Å². The van der Waals surface area contributed by atoms with Crippen LogP contribution in [0.3, 0.4) is 0 Å². The highest BCUT2D eigenvalue weighted by molar-refractivity contribution is 7.99.